The smallest absolute Gasteiger partial charge is 0.241 e. The Morgan fingerprint density at radius 2 is 1.83 bits per heavy atom. The van der Waals surface area contributed by atoms with Crippen molar-refractivity contribution in [2.45, 2.75) is 38.1 Å². The molecule has 0 aliphatic carbocycles. The molecule has 0 radical (unpaired) electrons. The number of hydrogen-bond acceptors (Lipinski definition) is 3. The number of rotatable bonds is 6. The van der Waals surface area contributed by atoms with Gasteiger partial charge in [0.05, 0.1) is 12.0 Å². The van der Waals surface area contributed by atoms with Gasteiger partial charge in [-0.1, -0.05) is 19.1 Å². The lowest BCUT2D eigenvalue weighted by molar-refractivity contribution is 0.411. The number of sulfonamides is 1. The lowest BCUT2D eigenvalue weighted by Crippen LogP contribution is -2.29. The van der Waals surface area contributed by atoms with E-state index in [4.69, 9.17) is 4.74 Å². The van der Waals surface area contributed by atoms with Crippen LogP contribution in [0.1, 0.15) is 36.1 Å². The predicted octanol–water partition coefficient (Wildman–Crippen LogP) is 3.88. The fourth-order valence-corrected chi connectivity index (χ4v) is 4.20. The van der Waals surface area contributed by atoms with Crippen molar-refractivity contribution in [2.24, 2.45) is 0 Å². The maximum Gasteiger partial charge on any atom is 0.241 e. The fraction of sp³-hybridized carbons (Fsp3) is 0.333. The van der Waals surface area contributed by atoms with E-state index < -0.39 is 15.8 Å². The molecule has 1 atom stereocenters. The zero-order valence-corrected chi connectivity index (χ0v) is 15.1. The van der Waals surface area contributed by atoms with Gasteiger partial charge in [-0.15, -0.1) is 0 Å². The zero-order valence-electron chi connectivity index (χ0n) is 14.3. The van der Waals surface area contributed by atoms with E-state index in [2.05, 4.69) is 4.72 Å². The summed E-state index contributed by atoms with van der Waals surface area (Å²) in [5.74, 6) is 0.301. The van der Waals surface area contributed by atoms with Crippen molar-refractivity contribution in [1.82, 2.24) is 4.72 Å². The maximum atomic E-state index is 13.2. The van der Waals surface area contributed by atoms with E-state index in [-0.39, 0.29) is 10.9 Å². The molecule has 0 bridgehead atoms. The summed E-state index contributed by atoms with van der Waals surface area (Å²) in [5.41, 5.74) is 2.17. The summed E-state index contributed by atoms with van der Waals surface area (Å²) < 4.78 is 46.5. The highest BCUT2D eigenvalue weighted by Crippen LogP contribution is 2.26. The van der Waals surface area contributed by atoms with Crippen molar-refractivity contribution < 1.29 is 17.5 Å². The van der Waals surface area contributed by atoms with Crippen molar-refractivity contribution in [3.8, 4) is 5.75 Å². The van der Waals surface area contributed by atoms with Gasteiger partial charge in [0.1, 0.15) is 11.6 Å². The van der Waals surface area contributed by atoms with Crippen molar-refractivity contribution in [3.63, 3.8) is 0 Å². The van der Waals surface area contributed by atoms with E-state index in [1.165, 1.54) is 12.1 Å². The monoisotopic (exact) mass is 351 g/mol. The van der Waals surface area contributed by atoms with Crippen LogP contribution in [0.2, 0.25) is 0 Å². The van der Waals surface area contributed by atoms with Crippen LogP contribution in [0, 0.1) is 19.7 Å². The molecule has 24 heavy (non-hydrogen) atoms. The van der Waals surface area contributed by atoms with E-state index in [0.717, 1.165) is 22.9 Å². The molecular formula is C18H22FNO3S. The Morgan fingerprint density at radius 3 is 2.38 bits per heavy atom. The molecule has 0 amide bonds. The first-order valence-corrected chi connectivity index (χ1v) is 9.19. The van der Waals surface area contributed by atoms with Crippen molar-refractivity contribution in [3.05, 3.63) is 58.9 Å². The minimum atomic E-state index is -3.74. The Balaban J connectivity index is 2.33. The molecule has 0 aliphatic heterocycles. The summed E-state index contributed by atoms with van der Waals surface area (Å²) in [6.45, 7) is 5.40. The van der Waals surface area contributed by atoms with Crippen LogP contribution in [0.5, 0.6) is 5.75 Å². The van der Waals surface area contributed by atoms with Crippen LogP contribution < -0.4 is 9.46 Å². The van der Waals surface area contributed by atoms with E-state index in [0.29, 0.717) is 12.0 Å². The number of hydrogen-bond donors (Lipinski definition) is 1. The van der Waals surface area contributed by atoms with E-state index >= 15 is 0 Å². The molecule has 2 rings (SSSR count). The second-order valence-corrected chi connectivity index (χ2v) is 7.40. The molecule has 0 spiro atoms. The van der Waals surface area contributed by atoms with Crippen LogP contribution in [0.15, 0.2) is 41.3 Å². The van der Waals surface area contributed by atoms with Gasteiger partial charge in [0.2, 0.25) is 10.0 Å². The van der Waals surface area contributed by atoms with Gasteiger partial charge in [0.25, 0.3) is 0 Å². The van der Waals surface area contributed by atoms with Crippen LogP contribution in [-0.4, -0.2) is 15.5 Å². The average molecular weight is 351 g/mol. The molecule has 0 aliphatic rings. The molecule has 2 aromatic rings. The zero-order chi connectivity index (χ0) is 17.9. The normalized spacial score (nSPS) is 12.9. The van der Waals surface area contributed by atoms with Crippen molar-refractivity contribution in [2.75, 3.05) is 7.11 Å². The maximum absolute atomic E-state index is 13.2. The van der Waals surface area contributed by atoms with Gasteiger partial charge in [-0.3, -0.25) is 0 Å². The number of nitrogens with one attached hydrogen (secondary N) is 1. The first-order valence-electron chi connectivity index (χ1n) is 7.71. The molecule has 1 N–H and O–H groups in total. The van der Waals surface area contributed by atoms with Gasteiger partial charge in [0.15, 0.2) is 0 Å². The topological polar surface area (TPSA) is 55.4 Å². The Hall–Kier alpha value is -1.92. The quantitative estimate of drug-likeness (QED) is 0.859. The standard InChI is InChI=1S/C18H22FNO3S/c1-5-16(14-6-8-17(23-4)12(2)10-14)20-24(21,22)18-9-7-15(19)11-13(18)3/h6-11,16,20H,5H2,1-4H3/t16-/m1/s1. The molecular weight excluding hydrogens is 329 g/mol. The Kier molecular flexibility index (Phi) is 5.62. The van der Waals surface area contributed by atoms with Crippen LogP contribution in [-0.2, 0) is 10.0 Å². The minimum Gasteiger partial charge on any atom is -0.496 e. The second kappa shape index (κ2) is 7.32. The van der Waals surface area contributed by atoms with Crippen LogP contribution >= 0.6 is 0 Å². The molecule has 130 valence electrons. The number of halogens is 1. The van der Waals surface area contributed by atoms with E-state index in [9.17, 15) is 12.8 Å². The van der Waals surface area contributed by atoms with Crippen molar-refractivity contribution >= 4 is 10.0 Å². The van der Waals surface area contributed by atoms with Gasteiger partial charge in [-0.25, -0.2) is 17.5 Å². The minimum absolute atomic E-state index is 0.0904. The molecule has 2 aromatic carbocycles. The summed E-state index contributed by atoms with van der Waals surface area (Å²) in [5, 5.41) is 0. The summed E-state index contributed by atoms with van der Waals surface area (Å²) in [7, 11) is -2.15. The number of ether oxygens (including phenoxy) is 1. The van der Waals surface area contributed by atoms with Gasteiger partial charge in [-0.05, 0) is 61.2 Å². The van der Waals surface area contributed by atoms with Gasteiger partial charge in [0, 0.05) is 6.04 Å². The number of aryl methyl sites for hydroxylation is 2. The van der Waals surface area contributed by atoms with E-state index in [1.54, 1.807) is 14.0 Å². The molecule has 0 saturated heterocycles. The molecule has 0 unspecified atom stereocenters. The van der Waals surface area contributed by atoms with Gasteiger partial charge < -0.3 is 4.74 Å². The molecule has 0 heterocycles. The van der Waals surface area contributed by atoms with Crippen LogP contribution in [0.25, 0.3) is 0 Å². The second-order valence-electron chi connectivity index (χ2n) is 5.72. The van der Waals surface area contributed by atoms with Crippen LogP contribution in [0.3, 0.4) is 0 Å². The molecule has 4 nitrogen and oxygen atoms in total. The van der Waals surface area contributed by atoms with Crippen molar-refractivity contribution in [1.29, 1.82) is 0 Å². The largest absolute Gasteiger partial charge is 0.496 e. The number of benzene rings is 2. The lowest BCUT2D eigenvalue weighted by atomic mass is 10.0. The fourth-order valence-electron chi connectivity index (χ4n) is 2.67. The first kappa shape index (κ1) is 18.4. The Labute approximate surface area is 142 Å². The highest BCUT2D eigenvalue weighted by atomic mass is 32.2. The highest BCUT2D eigenvalue weighted by molar-refractivity contribution is 7.89. The summed E-state index contributed by atoms with van der Waals surface area (Å²) in [4.78, 5) is 0.0904. The molecule has 0 aromatic heterocycles. The third-order valence-electron chi connectivity index (χ3n) is 3.95. The third-order valence-corrected chi connectivity index (χ3v) is 5.59. The lowest BCUT2D eigenvalue weighted by Gasteiger charge is -2.19. The Morgan fingerprint density at radius 1 is 1.12 bits per heavy atom. The molecule has 0 saturated carbocycles. The Bertz CT molecular complexity index is 834. The third kappa shape index (κ3) is 3.94. The first-order chi connectivity index (χ1) is 11.3. The summed E-state index contributed by atoms with van der Waals surface area (Å²) >= 11 is 0. The van der Waals surface area contributed by atoms with Crippen LogP contribution in [0.4, 0.5) is 4.39 Å². The molecule has 0 fully saturated rings. The van der Waals surface area contributed by atoms with E-state index in [1.807, 2.05) is 32.0 Å². The number of methoxy groups -OCH3 is 1. The highest BCUT2D eigenvalue weighted by Gasteiger charge is 2.22. The summed E-state index contributed by atoms with van der Waals surface area (Å²) in [6, 6.07) is 8.87. The van der Waals surface area contributed by atoms with Gasteiger partial charge >= 0.3 is 0 Å². The average Bonchev–Trinajstić information content (AvgIpc) is 2.52. The predicted molar refractivity (Wildman–Crippen MR) is 92.2 cm³/mol. The molecule has 6 heteroatoms. The SMILES string of the molecule is CC[C@@H](NS(=O)(=O)c1ccc(F)cc1C)c1ccc(OC)c(C)c1. The van der Waals surface area contributed by atoms with Gasteiger partial charge in [-0.2, -0.15) is 0 Å². The summed E-state index contributed by atoms with van der Waals surface area (Å²) in [6.07, 6.45) is 0.589.